The highest BCUT2D eigenvalue weighted by atomic mass is 16.7. The summed E-state index contributed by atoms with van der Waals surface area (Å²) in [5.41, 5.74) is 0. The van der Waals surface area contributed by atoms with E-state index in [-0.39, 0.29) is 0 Å². The van der Waals surface area contributed by atoms with Crippen molar-refractivity contribution in [2.75, 3.05) is 0 Å². The van der Waals surface area contributed by atoms with Gasteiger partial charge in [-0.1, -0.05) is 0 Å². The molecule has 19 heavy (non-hydrogen) atoms. The number of nitrogens with zero attached hydrogens (tertiary/aromatic N) is 2. The number of ether oxygens (including phenoxy) is 1. The van der Waals surface area contributed by atoms with Gasteiger partial charge in [-0.2, -0.15) is 0 Å². The highest BCUT2D eigenvalue weighted by Gasteiger charge is 2.43. The van der Waals surface area contributed by atoms with E-state index < -0.39 is 36.1 Å². The SMILES string of the molecule is O=C(O)OC(N1C(=O)C=CC1=O)N1C(=O)C=CC1=O. The minimum Gasteiger partial charge on any atom is -0.450 e. The Morgan fingerprint density at radius 2 is 1.21 bits per heavy atom. The van der Waals surface area contributed by atoms with Crippen LogP contribution >= 0.6 is 0 Å². The fraction of sp³-hybridized carbons (Fsp3) is 0.100. The number of carbonyl (C=O) groups excluding carboxylic acids is 4. The quantitative estimate of drug-likeness (QED) is 0.503. The molecular formula is C10H6N2O7. The summed E-state index contributed by atoms with van der Waals surface area (Å²) in [6.45, 7) is 0. The fourth-order valence-electron chi connectivity index (χ4n) is 1.57. The average Bonchev–Trinajstić information content (AvgIpc) is 2.81. The summed E-state index contributed by atoms with van der Waals surface area (Å²) in [6.07, 6.45) is -0.303. The summed E-state index contributed by atoms with van der Waals surface area (Å²) in [5.74, 6) is -3.54. The summed E-state index contributed by atoms with van der Waals surface area (Å²) in [5, 5.41) is 8.59. The van der Waals surface area contributed by atoms with Crippen molar-refractivity contribution in [3.8, 4) is 0 Å². The van der Waals surface area contributed by atoms with Crippen LogP contribution in [0.3, 0.4) is 0 Å². The number of hydrogen-bond acceptors (Lipinski definition) is 6. The van der Waals surface area contributed by atoms with Crippen molar-refractivity contribution in [1.29, 1.82) is 0 Å². The summed E-state index contributed by atoms with van der Waals surface area (Å²) < 4.78 is 4.30. The Morgan fingerprint density at radius 3 is 1.47 bits per heavy atom. The molecule has 2 heterocycles. The topological polar surface area (TPSA) is 121 Å². The van der Waals surface area contributed by atoms with E-state index in [1.165, 1.54) is 0 Å². The molecule has 0 saturated heterocycles. The third-order valence-electron chi connectivity index (χ3n) is 2.33. The van der Waals surface area contributed by atoms with Crippen LogP contribution in [0.2, 0.25) is 0 Å². The molecule has 0 fully saturated rings. The van der Waals surface area contributed by atoms with Crippen molar-refractivity contribution in [1.82, 2.24) is 9.80 Å². The Kier molecular flexibility index (Phi) is 2.87. The third-order valence-corrected chi connectivity index (χ3v) is 2.33. The van der Waals surface area contributed by atoms with Crippen molar-refractivity contribution in [2.45, 2.75) is 6.35 Å². The van der Waals surface area contributed by atoms with Crippen LogP contribution in [0.4, 0.5) is 4.79 Å². The summed E-state index contributed by atoms with van der Waals surface area (Å²) in [7, 11) is 0. The molecule has 0 spiro atoms. The first-order chi connectivity index (χ1) is 8.91. The van der Waals surface area contributed by atoms with Gasteiger partial charge in [0.15, 0.2) is 0 Å². The number of carbonyl (C=O) groups is 5. The normalized spacial score (nSPS) is 18.2. The van der Waals surface area contributed by atoms with Gasteiger partial charge in [0.1, 0.15) is 0 Å². The zero-order valence-corrected chi connectivity index (χ0v) is 9.18. The van der Waals surface area contributed by atoms with Crippen LogP contribution in [-0.4, -0.2) is 51.0 Å². The zero-order chi connectivity index (χ0) is 14.2. The Balaban J connectivity index is 2.34. The molecule has 9 heteroatoms. The van der Waals surface area contributed by atoms with Gasteiger partial charge in [0.2, 0.25) is 0 Å². The molecule has 2 rings (SSSR count). The van der Waals surface area contributed by atoms with E-state index in [9.17, 15) is 24.0 Å². The van der Waals surface area contributed by atoms with Gasteiger partial charge in [-0.25, -0.2) is 14.6 Å². The third kappa shape index (κ3) is 2.08. The van der Waals surface area contributed by atoms with Gasteiger partial charge in [0, 0.05) is 24.3 Å². The van der Waals surface area contributed by atoms with Gasteiger partial charge < -0.3 is 9.84 Å². The van der Waals surface area contributed by atoms with Gasteiger partial charge in [-0.15, -0.1) is 0 Å². The smallest absolute Gasteiger partial charge is 0.450 e. The summed E-state index contributed by atoms with van der Waals surface area (Å²) >= 11 is 0. The van der Waals surface area contributed by atoms with Crippen LogP contribution in [0.5, 0.6) is 0 Å². The molecule has 0 saturated carbocycles. The largest absolute Gasteiger partial charge is 0.509 e. The predicted octanol–water partition coefficient (Wildman–Crippen LogP) is -1.19. The average molecular weight is 266 g/mol. The van der Waals surface area contributed by atoms with Crippen molar-refractivity contribution < 1.29 is 33.8 Å². The van der Waals surface area contributed by atoms with Gasteiger partial charge in [0.05, 0.1) is 0 Å². The van der Waals surface area contributed by atoms with Crippen LogP contribution < -0.4 is 0 Å². The molecule has 0 unspecified atom stereocenters. The lowest BCUT2D eigenvalue weighted by molar-refractivity contribution is -0.173. The molecule has 0 aromatic carbocycles. The molecule has 9 nitrogen and oxygen atoms in total. The first kappa shape index (κ1) is 12.5. The molecule has 0 radical (unpaired) electrons. The highest BCUT2D eigenvalue weighted by molar-refractivity contribution is 6.16. The van der Waals surface area contributed by atoms with Crippen LogP contribution in [0.25, 0.3) is 0 Å². The van der Waals surface area contributed by atoms with Crippen molar-refractivity contribution in [3.05, 3.63) is 24.3 Å². The number of carboxylic acid groups (broad SMARTS) is 1. The fourth-order valence-corrected chi connectivity index (χ4v) is 1.57. The standard InChI is InChI=1S/C10H6N2O7/c13-5-1-2-6(14)11(5)9(19-10(17)18)12-7(15)3-4-8(12)16/h1-4,9H,(H,17,18). The second-order valence-electron chi connectivity index (χ2n) is 3.47. The van der Waals surface area contributed by atoms with Crippen LogP contribution in [0.1, 0.15) is 0 Å². The summed E-state index contributed by atoms with van der Waals surface area (Å²) in [4.78, 5) is 57.1. The first-order valence-corrected chi connectivity index (χ1v) is 4.92. The number of imide groups is 2. The maximum absolute atomic E-state index is 11.5. The van der Waals surface area contributed by atoms with Gasteiger partial charge in [-0.3, -0.25) is 19.2 Å². The molecule has 0 aliphatic carbocycles. The molecule has 0 bridgehead atoms. The minimum absolute atomic E-state index is 0.358. The molecule has 0 aromatic rings. The highest BCUT2D eigenvalue weighted by Crippen LogP contribution is 2.18. The van der Waals surface area contributed by atoms with E-state index in [4.69, 9.17) is 5.11 Å². The van der Waals surface area contributed by atoms with Crippen molar-refractivity contribution >= 4 is 29.8 Å². The minimum atomic E-state index is -1.96. The van der Waals surface area contributed by atoms with E-state index in [1.54, 1.807) is 0 Å². The maximum Gasteiger partial charge on any atom is 0.509 e. The van der Waals surface area contributed by atoms with Gasteiger partial charge in [0.25, 0.3) is 30.0 Å². The van der Waals surface area contributed by atoms with E-state index in [1.807, 2.05) is 0 Å². The molecule has 98 valence electrons. The van der Waals surface area contributed by atoms with Gasteiger partial charge in [-0.05, 0) is 0 Å². The van der Waals surface area contributed by atoms with E-state index in [0.717, 1.165) is 24.3 Å². The molecule has 2 aliphatic heterocycles. The molecule has 1 N–H and O–H groups in total. The van der Waals surface area contributed by atoms with Gasteiger partial charge >= 0.3 is 6.16 Å². The molecule has 2 aliphatic rings. The molecule has 0 atom stereocenters. The van der Waals surface area contributed by atoms with E-state index in [0.29, 0.717) is 9.80 Å². The predicted molar refractivity (Wildman–Crippen MR) is 54.9 cm³/mol. The Bertz CT molecular complexity index is 484. The lowest BCUT2D eigenvalue weighted by Gasteiger charge is -2.30. The lowest BCUT2D eigenvalue weighted by atomic mass is 10.5. The Hall–Kier alpha value is -2.97. The number of amides is 4. The first-order valence-electron chi connectivity index (χ1n) is 4.92. The second kappa shape index (κ2) is 4.37. The van der Waals surface area contributed by atoms with E-state index in [2.05, 4.69) is 4.74 Å². The Morgan fingerprint density at radius 1 is 0.895 bits per heavy atom. The van der Waals surface area contributed by atoms with Crippen LogP contribution in [-0.2, 0) is 23.9 Å². The molecule has 4 amide bonds. The van der Waals surface area contributed by atoms with Crippen molar-refractivity contribution in [2.24, 2.45) is 0 Å². The van der Waals surface area contributed by atoms with Crippen molar-refractivity contribution in [3.63, 3.8) is 0 Å². The molecule has 0 aromatic heterocycles. The van der Waals surface area contributed by atoms with E-state index >= 15 is 0 Å². The number of hydrogen-bond donors (Lipinski definition) is 1. The zero-order valence-electron chi connectivity index (χ0n) is 9.18. The second-order valence-corrected chi connectivity index (χ2v) is 3.47. The number of rotatable bonds is 3. The molecular weight excluding hydrogens is 260 g/mol. The monoisotopic (exact) mass is 266 g/mol. The summed E-state index contributed by atoms with van der Waals surface area (Å²) in [6, 6.07) is 0. The maximum atomic E-state index is 11.5. The lowest BCUT2D eigenvalue weighted by Crippen LogP contribution is -2.55. The Labute approximate surface area is 105 Å². The van der Waals surface area contributed by atoms with Crippen LogP contribution in [0, 0.1) is 0 Å². The van der Waals surface area contributed by atoms with Crippen LogP contribution in [0.15, 0.2) is 24.3 Å².